The molecule has 5 heteroatoms. The smallest absolute Gasteiger partial charge is 0.187 e. The molecule has 0 aromatic heterocycles. The van der Waals surface area contributed by atoms with E-state index in [-0.39, 0.29) is 5.69 Å². The summed E-state index contributed by atoms with van der Waals surface area (Å²) in [7, 11) is 0. The third-order valence-electron chi connectivity index (χ3n) is 2.66. The normalized spacial score (nSPS) is 12.2. The topological polar surface area (TPSA) is 93.7 Å². The number of benzene rings is 1. The Morgan fingerprint density at radius 1 is 1.43 bits per heavy atom. The largest absolute Gasteiger partial charge is 0.504 e. The summed E-state index contributed by atoms with van der Waals surface area (Å²) in [6.07, 6.45) is 8.21. The van der Waals surface area contributed by atoms with E-state index in [0.29, 0.717) is 16.7 Å². The first-order valence-electron chi connectivity index (χ1n) is 6.04. The number of rotatable bonds is 5. The quantitative estimate of drug-likeness (QED) is 0.368. The molecule has 0 unspecified atom stereocenters. The molecule has 0 aliphatic carbocycles. The molecule has 2 N–H and O–H groups in total. The van der Waals surface area contributed by atoms with Crippen molar-refractivity contribution < 1.29 is 10.2 Å². The standard InChI is InChI=1S/C16H14N2O3/c1-3-5-6-12(4-2)13(10-17)7-11-8-14(18-21)16(20)15(19)9-11/h3-9,19-20H,1H2,2H3/b6-5-,12-4+,13-7+. The second-order valence-corrected chi connectivity index (χ2v) is 4.01. The summed E-state index contributed by atoms with van der Waals surface area (Å²) in [4.78, 5) is 10.6. The van der Waals surface area contributed by atoms with E-state index < -0.39 is 11.5 Å². The summed E-state index contributed by atoms with van der Waals surface area (Å²) in [6.45, 7) is 5.33. The van der Waals surface area contributed by atoms with Crippen molar-refractivity contribution in [2.75, 3.05) is 0 Å². The summed E-state index contributed by atoms with van der Waals surface area (Å²) >= 11 is 0. The number of allylic oxidation sites excluding steroid dienone is 6. The van der Waals surface area contributed by atoms with Gasteiger partial charge in [-0.05, 0) is 41.4 Å². The van der Waals surface area contributed by atoms with Crippen molar-refractivity contribution in [2.24, 2.45) is 5.18 Å². The summed E-state index contributed by atoms with van der Waals surface area (Å²) in [6, 6.07) is 4.56. The molecule has 0 heterocycles. The van der Waals surface area contributed by atoms with Gasteiger partial charge < -0.3 is 10.2 Å². The third kappa shape index (κ3) is 3.91. The second-order valence-electron chi connectivity index (χ2n) is 4.01. The maximum absolute atomic E-state index is 10.6. The summed E-state index contributed by atoms with van der Waals surface area (Å²) < 4.78 is 0. The van der Waals surface area contributed by atoms with E-state index in [9.17, 15) is 20.4 Å². The van der Waals surface area contributed by atoms with Crippen LogP contribution >= 0.6 is 0 Å². The van der Waals surface area contributed by atoms with Crippen molar-refractivity contribution in [1.82, 2.24) is 0 Å². The molecular formula is C16H14N2O3. The van der Waals surface area contributed by atoms with Gasteiger partial charge in [0.1, 0.15) is 0 Å². The lowest BCUT2D eigenvalue weighted by Gasteiger charge is -2.04. The van der Waals surface area contributed by atoms with Gasteiger partial charge in [-0.1, -0.05) is 30.9 Å². The average molecular weight is 282 g/mol. The molecule has 0 aliphatic rings. The van der Waals surface area contributed by atoms with Gasteiger partial charge in [0.15, 0.2) is 17.2 Å². The molecular weight excluding hydrogens is 268 g/mol. The fraction of sp³-hybridized carbons (Fsp3) is 0.0625. The Morgan fingerprint density at radius 2 is 2.14 bits per heavy atom. The molecule has 0 radical (unpaired) electrons. The van der Waals surface area contributed by atoms with Crippen molar-refractivity contribution >= 4 is 11.8 Å². The number of nitroso groups, excluding NO2 is 1. The number of nitriles is 1. The SMILES string of the molecule is C=C\C=C/C(=C\C)C(/C#N)=C/c1cc(O)c(O)c(N=O)c1. The average Bonchev–Trinajstić information content (AvgIpc) is 2.49. The maximum atomic E-state index is 10.6. The van der Waals surface area contributed by atoms with Gasteiger partial charge in [0.25, 0.3) is 0 Å². The minimum absolute atomic E-state index is 0.290. The molecule has 5 nitrogen and oxygen atoms in total. The molecule has 0 aliphatic heterocycles. The Kier molecular flexibility index (Phi) is 5.66. The molecule has 0 saturated heterocycles. The summed E-state index contributed by atoms with van der Waals surface area (Å²) in [5, 5.41) is 30.8. The minimum atomic E-state index is -0.585. The van der Waals surface area contributed by atoms with Crippen LogP contribution in [-0.4, -0.2) is 10.2 Å². The van der Waals surface area contributed by atoms with E-state index in [1.165, 1.54) is 18.2 Å². The predicted molar refractivity (Wildman–Crippen MR) is 81.9 cm³/mol. The molecule has 0 spiro atoms. The van der Waals surface area contributed by atoms with Crippen LogP contribution in [0.5, 0.6) is 11.5 Å². The second kappa shape index (κ2) is 7.46. The van der Waals surface area contributed by atoms with Crippen molar-refractivity contribution in [2.45, 2.75) is 6.92 Å². The van der Waals surface area contributed by atoms with E-state index >= 15 is 0 Å². The van der Waals surface area contributed by atoms with E-state index in [2.05, 4.69) is 11.8 Å². The minimum Gasteiger partial charge on any atom is -0.504 e. The zero-order chi connectivity index (χ0) is 15.8. The Labute approximate surface area is 122 Å². The van der Waals surface area contributed by atoms with Crippen LogP contribution in [0.3, 0.4) is 0 Å². The first kappa shape index (κ1) is 15.9. The van der Waals surface area contributed by atoms with Crippen LogP contribution in [0.4, 0.5) is 5.69 Å². The molecule has 106 valence electrons. The highest BCUT2D eigenvalue weighted by Gasteiger charge is 2.10. The Morgan fingerprint density at radius 3 is 2.67 bits per heavy atom. The predicted octanol–water partition coefficient (Wildman–Crippen LogP) is 4.09. The highest BCUT2D eigenvalue weighted by atomic mass is 16.3. The van der Waals surface area contributed by atoms with Gasteiger partial charge in [0, 0.05) is 0 Å². The number of aromatic hydroxyl groups is 2. The van der Waals surface area contributed by atoms with Crippen molar-refractivity contribution in [3.05, 3.63) is 64.6 Å². The van der Waals surface area contributed by atoms with Gasteiger partial charge in [-0.2, -0.15) is 5.26 Å². The van der Waals surface area contributed by atoms with Gasteiger partial charge >= 0.3 is 0 Å². The number of hydrogen-bond donors (Lipinski definition) is 2. The van der Waals surface area contributed by atoms with Crippen LogP contribution in [0, 0.1) is 16.2 Å². The highest BCUT2D eigenvalue weighted by Crippen LogP contribution is 2.37. The molecule has 21 heavy (non-hydrogen) atoms. The summed E-state index contributed by atoms with van der Waals surface area (Å²) in [5.41, 5.74) is 1.08. The number of hydrogen-bond acceptors (Lipinski definition) is 5. The molecule has 0 fully saturated rings. The Balaban J connectivity index is 3.36. The molecule has 0 bridgehead atoms. The van der Waals surface area contributed by atoms with Crippen LogP contribution in [-0.2, 0) is 0 Å². The molecule has 1 aromatic carbocycles. The summed E-state index contributed by atoms with van der Waals surface area (Å²) in [5.74, 6) is -1.06. The Hall–Kier alpha value is -3.13. The first-order valence-corrected chi connectivity index (χ1v) is 6.04. The van der Waals surface area contributed by atoms with Gasteiger partial charge in [-0.3, -0.25) is 0 Å². The zero-order valence-corrected chi connectivity index (χ0v) is 11.4. The van der Waals surface area contributed by atoms with Crippen LogP contribution < -0.4 is 0 Å². The fourth-order valence-electron chi connectivity index (χ4n) is 1.64. The van der Waals surface area contributed by atoms with Crippen molar-refractivity contribution in [1.29, 1.82) is 5.26 Å². The van der Waals surface area contributed by atoms with Crippen molar-refractivity contribution in [3.8, 4) is 17.6 Å². The lowest BCUT2D eigenvalue weighted by Crippen LogP contribution is -1.84. The molecule has 0 atom stereocenters. The Bertz CT molecular complexity index is 692. The van der Waals surface area contributed by atoms with Gasteiger partial charge in [0.2, 0.25) is 0 Å². The lowest BCUT2D eigenvalue weighted by atomic mass is 10.0. The zero-order valence-electron chi connectivity index (χ0n) is 11.4. The first-order chi connectivity index (χ1) is 10.1. The van der Waals surface area contributed by atoms with Gasteiger partial charge in [-0.15, -0.1) is 4.91 Å². The lowest BCUT2D eigenvalue weighted by molar-refractivity contribution is 0.405. The van der Waals surface area contributed by atoms with Crippen molar-refractivity contribution in [3.63, 3.8) is 0 Å². The monoisotopic (exact) mass is 282 g/mol. The van der Waals surface area contributed by atoms with E-state index in [1.807, 2.05) is 6.07 Å². The molecule has 1 aromatic rings. The molecule has 0 saturated carbocycles. The van der Waals surface area contributed by atoms with Crippen LogP contribution in [0.25, 0.3) is 6.08 Å². The number of phenolic OH excluding ortho intramolecular Hbond substituents is 2. The van der Waals surface area contributed by atoms with Crippen LogP contribution in [0.1, 0.15) is 12.5 Å². The van der Waals surface area contributed by atoms with E-state index in [0.717, 1.165) is 0 Å². The maximum Gasteiger partial charge on any atom is 0.187 e. The fourth-order valence-corrected chi connectivity index (χ4v) is 1.64. The number of phenols is 2. The van der Waals surface area contributed by atoms with Crippen LogP contribution in [0.15, 0.2) is 59.3 Å². The molecule has 1 rings (SSSR count). The third-order valence-corrected chi connectivity index (χ3v) is 2.66. The van der Waals surface area contributed by atoms with Crippen LogP contribution in [0.2, 0.25) is 0 Å². The van der Waals surface area contributed by atoms with E-state index in [1.54, 1.807) is 31.2 Å². The molecule has 0 amide bonds. The highest BCUT2D eigenvalue weighted by molar-refractivity contribution is 5.71. The van der Waals surface area contributed by atoms with E-state index in [4.69, 9.17) is 0 Å². The number of nitrogens with zero attached hydrogens (tertiary/aromatic N) is 2. The van der Waals surface area contributed by atoms with Gasteiger partial charge in [0.05, 0.1) is 11.6 Å². The van der Waals surface area contributed by atoms with Gasteiger partial charge in [-0.25, -0.2) is 0 Å².